The Hall–Kier alpha value is -2.21. The molecule has 21 heavy (non-hydrogen) atoms. The first-order valence-electron chi connectivity index (χ1n) is 6.29. The highest BCUT2D eigenvalue weighted by Crippen LogP contribution is 2.38. The maximum absolute atomic E-state index is 11.9. The predicted octanol–water partition coefficient (Wildman–Crippen LogP) is 2.70. The summed E-state index contributed by atoms with van der Waals surface area (Å²) in [6, 6.07) is 5.42. The molecule has 1 heterocycles. The Morgan fingerprint density at radius 1 is 1.14 bits per heavy atom. The summed E-state index contributed by atoms with van der Waals surface area (Å²) in [7, 11) is 4.68. The van der Waals surface area contributed by atoms with Gasteiger partial charge < -0.3 is 19.5 Å². The van der Waals surface area contributed by atoms with E-state index in [-0.39, 0.29) is 5.91 Å². The molecule has 0 radical (unpaired) electrons. The molecule has 0 bridgehead atoms. The number of amides is 1. The molecule has 0 aliphatic rings. The summed E-state index contributed by atoms with van der Waals surface area (Å²) in [6.07, 6.45) is 0. The molecule has 1 N–H and O–H groups in total. The number of methoxy groups -OCH3 is 3. The van der Waals surface area contributed by atoms with Crippen LogP contribution >= 0.6 is 11.3 Å². The lowest BCUT2D eigenvalue weighted by Crippen LogP contribution is -2.22. The molecule has 1 aromatic carbocycles. The van der Waals surface area contributed by atoms with Gasteiger partial charge in [0.15, 0.2) is 11.5 Å². The van der Waals surface area contributed by atoms with Crippen molar-refractivity contribution in [1.82, 2.24) is 5.32 Å². The van der Waals surface area contributed by atoms with Gasteiger partial charge in [0, 0.05) is 17.5 Å². The van der Waals surface area contributed by atoms with Crippen LogP contribution in [0.4, 0.5) is 0 Å². The van der Waals surface area contributed by atoms with E-state index in [0.29, 0.717) is 29.4 Å². The summed E-state index contributed by atoms with van der Waals surface area (Å²) in [6.45, 7) is 0.380. The molecule has 0 saturated carbocycles. The highest BCUT2D eigenvalue weighted by Gasteiger charge is 2.14. The van der Waals surface area contributed by atoms with Crippen LogP contribution in [0.5, 0.6) is 17.2 Å². The summed E-state index contributed by atoms with van der Waals surface area (Å²) < 4.78 is 15.8. The van der Waals surface area contributed by atoms with Crippen molar-refractivity contribution in [3.05, 3.63) is 40.1 Å². The Kier molecular flexibility index (Phi) is 5.05. The number of nitrogens with one attached hydrogen (secondary N) is 1. The van der Waals surface area contributed by atoms with E-state index < -0.39 is 0 Å². The number of benzene rings is 1. The van der Waals surface area contributed by atoms with E-state index in [1.54, 1.807) is 27.4 Å². The number of carbonyl (C=O) groups excluding carboxylic acids is 1. The van der Waals surface area contributed by atoms with Gasteiger partial charge in [0.05, 0.1) is 21.3 Å². The molecule has 0 atom stereocenters. The zero-order chi connectivity index (χ0) is 15.2. The van der Waals surface area contributed by atoms with Gasteiger partial charge >= 0.3 is 0 Å². The molecule has 2 rings (SSSR count). The van der Waals surface area contributed by atoms with E-state index in [1.807, 2.05) is 22.9 Å². The number of thiophene rings is 1. The van der Waals surface area contributed by atoms with E-state index in [9.17, 15) is 4.79 Å². The quantitative estimate of drug-likeness (QED) is 0.891. The Morgan fingerprint density at radius 2 is 1.81 bits per heavy atom. The van der Waals surface area contributed by atoms with Crippen LogP contribution in [0, 0.1) is 0 Å². The van der Waals surface area contributed by atoms with Crippen LogP contribution in [0.25, 0.3) is 0 Å². The largest absolute Gasteiger partial charge is 0.493 e. The number of ether oxygens (including phenoxy) is 3. The Morgan fingerprint density at radius 3 is 2.29 bits per heavy atom. The fourth-order valence-corrected chi connectivity index (χ4v) is 2.55. The smallest absolute Gasteiger partial charge is 0.252 e. The van der Waals surface area contributed by atoms with Gasteiger partial charge in [-0.25, -0.2) is 0 Å². The molecule has 0 aliphatic carbocycles. The minimum Gasteiger partial charge on any atom is -0.493 e. The van der Waals surface area contributed by atoms with Gasteiger partial charge in [0.25, 0.3) is 5.91 Å². The third-order valence-corrected chi connectivity index (χ3v) is 3.64. The second kappa shape index (κ2) is 6.99. The average Bonchev–Trinajstić information content (AvgIpc) is 3.05. The molecule has 112 valence electrons. The van der Waals surface area contributed by atoms with Gasteiger partial charge in [-0.1, -0.05) is 0 Å². The van der Waals surface area contributed by atoms with Crippen molar-refractivity contribution in [2.75, 3.05) is 21.3 Å². The lowest BCUT2D eigenvalue weighted by Gasteiger charge is -2.14. The van der Waals surface area contributed by atoms with Gasteiger partial charge in [-0.3, -0.25) is 4.79 Å². The lowest BCUT2D eigenvalue weighted by molar-refractivity contribution is 0.0951. The maximum atomic E-state index is 11.9. The van der Waals surface area contributed by atoms with Crippen LogP contribution in [0.2, 0.25) is 0 Å². The predicted molar refractivity (Wildman–Crippen MR) is 81.6 cm³/mol. The van der Waals surface area contributed by atoms with Crippen molar-refractivity contribution < 1.29 is 19.0 Å². The lowest BCUT2D eigenvalue weighted by atomic mass is 10.1. The SMILES string of the molecule is COc1cc(CNC(=O)c2ccsc2)cc(OC)c1OC. The standard InChI is InChI=1S/C15H17NO4S/c1-18-12-6-10(7-13(19-2)14(12)20-3)8-16-15(17)11-4-5-21-9-11/h4-7,9H,8H2,1-3H3,(H,16,17). The second-order valence-corrected chi connectivity index (χ2v) is 5.01. The zero-order valence-electron chi connectivity index (χ0n) is 12.1. The number of hydrogen-bond acceptors (Lipinski definition) is 5. The van der Waals surface area contributed by atoms with Gasteiger partial charge in [0.2, 0.25) is 5.75 Å². The minimum atomic E-state index is -0.106. The van der Waals surface area contributed by atoms with Crippen molar-refractivity contribution >= 4 is 17.2 Å². The molecule has 6 heteroatoms. The van der Waals surface area contributed by atoms with Gasteiger partial charge in [-0.15, -0.1) is 0 Å². The van der Waals surface area contributed by atoms with Crippen molar-refractivity contribution in [2.45, 2.75) is 6.54 Å². The highest BCUT2D eigenvalue weighted by molar-refractivity contribution is 7.08. The molecule has 0 fully saturated rings. The van der Waals surface area contributed by atoms with E-state index >= 15 is 0 Å². The monoisotopic (exact) mass is 307 g/mol. The summed E-state index contributed by atoms with van der Waals surface area (Å²) in [5.74, 6) is 1.56. The molecule has 0 spiro atoms. The van der Waals surface area contributed by atoms with Crippen molar-refractivity contribution in [3.8, 4) is 17.2 Å². The average molecular weight is 307 g/mol. The first-order valence-corrected chi connectivity index (χ1v) is 7.23. The molecule has 1 aromatic heterocycles. The Balaban J connectivity index is 2.15. The maximum Gasteiger partial charge on any atom is 0.252 e. The molecule has 0 saturated heterocycles. The third-order valence-electron chi connectivity index (χ3n) is 2.96. The molecule has 2 aromatic rings. The van der Waals surface area contributed by atoms with Gasteiger partial charge in [0.1, 0.15) is 0 Å². The summed E-state index contributed by atoms with van der Waals surface area (Å²) >= 11 is 1.49. The fraction of sp³-hybridized carbons (Fsp3) is 0.267. The normalized spacial score (nSPS) is 10.0. The minimum absolute atomic E-state index is 0.106. The second-order valence-electron chi connectivity index (χ2n) is 4.23. The first kappa shape index (κ1) is 15.2. The van der Waals surface area contributed by atoms with Gasteiger partial charge in [-0.05, 0) is 29.1 Å². The summed E-state index contributed by atoms with van der Waals surface area (Å²) in [4.78, 5) is 11.9. The molecule has 0 aliphatic heterocycles. The van der Waals surface area contributed by atoms with Crippen LogP contribution in [0.1, 0.15) is 15.9 Å². The highest BCUT2D eigenvalue weighted by atomic mass is 32.1. The van der Waals surface area contributed by atoms with Crippen LogP contribution in [0.15, 0.2) is 29.0 Å². The molecular formula is C15H17NO4S. The van der Waals surface area contributed by atoms with E-state index in [2.05, 4.69) is 5.32 Å². The van der Waals surface area contributed by atoms with Gasteiger partial charge in [-0.2, -0.15) is 11.3 Å². The van der Waals surface area contributed by atoms with Crippen LogP contribution in [0.3, 0.4) is 0 Å². The Labute approximate surface area is 127 Å². The number of rotatable bonds is 6. The van der Waals surface area contributed by atoms with Crippen LogP contribution < -0.4 is 19.5 Å². The topological polar surface area (TPSA) is 56.8 Å². The zero-order valence-corrected chi connectivity index (χ0v) is 13.0. The van der Waals surface area contributed by atoms with E-state index in [0.717, 1.165) is 5.56 Å². The number of hydrogen-bond donors (Lipinski definition) is 1. The fourth-order valence-electron chi connectivity index (χ4n) is 1.92. The number of carbonyl (C=O) groups is 1. The third kappa shape index (κ3) is 3.46. The van der Waals surface area contributed by atoms with E-state index in [4.69, 9.17) is 14.2 Å². The van der Waals surface area contributed by atoms with Crippen molar-refractivity contribution in [2.24, 2.45) is 0 Å². The summed E-state index contributed by atoms with van der Waals surface area (Å²) in [5.41, 5.74) is 1.53. The van der Waals surface area contributed by atoms with Crippen molar-refractivity contribution in [1.29, 1.82) is 0 Å². The Bertz CT molecular complexity index is 585. The van der Waals surface area contributed by atoms with Crippen LogP contribution in [-0.4, -0.2) is 27.2 Å². The molecular weight excluding hydrogens is 290 g/mol. The van der Waals surface area contributed by atoms with Crippen LogP contribution in [-0.2, 0) is 6.54 Å². The first-order chi connectivity index (χ1) is 10.2. The molecule has 5 nitrogen and oxygen atoms in total. The van der Waals surface area contributed by atoms with Crippen molar-refractivity contribution in [3.63, 3.8) is 0 Å². The van der Waals surface area contributed by atoms with E-state index in [1.165, 1.54) is 11.3 Å². The molecule has 0 unspecified atom stereocenters. The summed E-state index contributed by atoms with van der Waals surface area (Å²) in [5, 5.41) is 6.54. The molecule has 1 amide bonds.